The van der Waals surface area contributed by atoms with Crippen molar-refractivity contribution in [1.82, 2.24) is 5.32 Å². The van der Waals surface area contributed by atoms with Gasteiger partial charge in [0.1, 0.15) is 5.75 Å². The van der Waals surface area contributed by atoms with Crippen LogP contribution in [0.5, 0.6) is 5.75 Å². The van der Waals surface area contributed by atoms with Crippen LogP contribution in [-0.2, 0) is 16.0 Å². The lowest BCUT2D eigenvalue weighted by molar-refractivity contribution is -0.127. The number of halogens is 1. The summed E-state index contributed by atoms with van der Waals surface area (Å²) in [7, 11) is 0. The van der Waals surface area contributed by atoms with Gasteiger partial charge in [0.2, 0.25) is 0 Å². The third-order valence-electron chi connectivity index (χ3n) is 4.39. The van der Waals surface area contributed by atoms with E-state index in [0.717, 1.165) is 22.3 Å². The minimum absolute atomic E-state index is 0.0607. The molecule has 0 fully saturated rings. The summed E-state index contributed by atoms with van der Waals surface area (Å²) in [6, 6.07) is 15.9. The number of nitrogens with one attached hydrogen (secondary N) is 1. The van der Waals surface area contributed by atoms with Crippen molar-refractivity contribution in [3.63, 3.8) is 0 Å². The number of ether oxygens (including phenoxy) is 1. The second-order valence-electron chi connectivity index (χ2n) is 7.76. The van der Waals surface area contributed by atoms with Gasteiger partial charge < -0.3 is 10.1 Å². The molecule has 2 rings (SSSR count). The summed E-state index contributed by atoms with van der Waals surface area (Å²) < 4.78 is 5.90. The lowest BCUT2D eigenvalue weighted by Crippen LogP contribution is -2.39. The zero-order valence-electron chi connectivity index (χ0n) is 17.1. The zero-order chi connectivity index (χ0) is 20.6. The van der Waals surface area contributed by atoms with Gasteiger partial charge in [0.15, 0.2) is 6.10 Å². The van der Waals surface area contributed by atoms with Crippen LogP contribution in [0.25, 0.3) is 0 Å². The van der Waals surface area contributed by atoms with Crippen molar-refractivity contribution in [2.24, 2.45) is 0 Å². The molecule has 0 bridgehead atoms. The van der Waals surface area contributed by atoms with Crippen LogP contribution in [0.4, 0.5) is 0 Å². The first kappa shape index (κ1) is 22.6. The molecule has 1 atom stereocenters. The van der Waals surface area contributed by atoms with Crippen LogP contribution in [0.1, 0.15) is 45.2 Å². The van der Waals surface area contributed by atoms with Crippen LogP contribution >= 0.6 is 23.4 Å². The van der Waals surface area contributed by atoms with E-state index in [2.05, 4.69) is 38.2 Å². The molecular weight excluding hydrogens is 390 g/mol. The van der Waals surface area contributed by atoms with E-state index >= 15 is 0 Å². The fourth-order valence-corrected chi connectivity index (χ4v) is 3.60. The van der Waals surface area contributed by atoms with Crippen LogP contribution in [0.15, 0.2) is 48.5 Å². The summed E-state index contributed by atoms with van der Waals surface area (Å²) in [5, 5.41) is 3.73. The third kappa shape index (κ3) is 7.40. The van der Waals surface area contributed by atoms with Gasteiger partial charge in [-0.25, -0.2) is 0 Å². The second-order valence-corrected chi connectivity index (χ2v) is 9.30. The summed E-state index contributed by atoms with van der Waals surface area (Å²) in [4.78, 5) is 12.4. The first-order valence-corrected chi connectivity index (χ1v) is 11.2. The van der Waals surface area contributed by atoms with E-state index in [4.69, 9.17) is 16.3 Å². The highest BCUT2D eigenvalue weighted by molar-refractivity contribution is 7.98. The van der Waals surface area contributed by atoms with E-state index in [0.29, 0.717) is 13.0 Å². The molecule has 1 amide bonds. The average molecular weight is 420 g/mol. The predicted molar refractivity (Wildman–Crippen MR) is 120 cm³/mol. The van der Waals surface area contributed by atoms with Gasteiger partial charge in [-0.1, -0.05) is 63.6 Å². The Bertz CT molecular complexity index is 739. The summed E-state index contributed by atoms with van der Waals surface area (Å²) in [6.07, 6.45) is 0.159. The molecule has 1 N–H and O–H groups in total. The van der Waals surface area contributed by atoms with E-state index < -0.39 is 6.10 Å². The molecule has 0 saturated carbocycles. The van der Waals surface area contributed by atoms with Crippen LogP contribution in [0.3, 0.4) is 0 Å². The predicted octanol–water partition coefficient (Wildman–Crippen LogP) is 5.84. The Morgan fingerprint density at radius 1 is 1.11 bits per heavy atom. The van der Waals surface area contributed by atoms with Crippen LogP contribution in [0, 0.1) is 0 Å². The summed E-state index contributed by atoms with van der Waals surface area (Å²) >= 11 is 7.68. The standard InChI is InChI=1S/C23H30ClNO2S/c1-5-21(27-20-12-8-18(9-13-20)23(2,3)4)22(26)25-14-15-28-16-17-6-10-19(24)11-7-17/h6-13,21H,5,14-16H2,1-4H3,(H,25,26). The number of rotatable bonds is 9. The van der Waals surface area contributed by atoms with Crippen molar-refractivity contribution < 1.29 is 9.53 Å². The summed E-state index contributed by atoms with van der Waals surface area (Å²) in [6.45, 7) is 9.12. The number of amides is 1. The first-order valence-electron chi connectivity index (χ1n) is 9.66. The summed E-state index contributed by atoms with van der Waals surface area (Å²) in [5.41, 5.74) is 2.58. The average Bonchev–Trinajstić information content (AvgIpc) is 2.66. The van der Waals surface area contributed by atoms with E-state index in [1.807, 2.05) is 43.3 Å². The number of carbonyl (C=O) groups is 1. The largest absolute Gasteiger partial charge is 0.481 e. The van der Waals surface area contributed by atoms with Crippen molar-refractivity contribution in [1.29, 1.82) is 0 Å². The number of thioether (sulfide) groups is 1. The van der Waals surface area contributed by atoms with Gasteiger partial charge in [0, 0.05) is 23.1 Å². The van der Waals surface area contributed by atoms with Crippen LogP contribution in [-0.4, -0.2) is 24.3 Å². The Hall–Kier alpha value is -1.65. The summed E-state index contributed by atoms with van der Waals surface area (Å²) in [5.74, 6) is 2.42. The van der Waals surface area contributed by atoms with Crippen molar-refractivity contribution >= 4 is 29.3 Å². The van der Waals surface area contributed by atoms with Crippen molar-refractivity contribution in [2.45, 2.75) is 51.4 Å². The Kier molecular flexibility index (Phi) is 8.71. The van der Waals surface area contributed by atoms with Gasteiger partial charge in [-0.3, -0.25) is 4.79 Å². The lowest BCUT2D eigenvalue weighted by Gasteiger charge is -2.21. The Balaban J connectivity index is 1.74. The maximum absolute atomic E-state index is 12.4. The van der Waals surface area contributed by atoms with E-state index in [-0.39, 0.29) is 11.3 Å². The maximum Gasteiger partial charge on any atom is 0.261 e. The fourth-order valence-electron chi connectivity index (χ4n) is 2.65. The zero-order valence-corrected chi connectivity index (χ0v) is 18.7. The molecule has 3 nitrogen and oxygen atoms in total. The van der Waals surface area contributed by atoms with Gasteiger partial charge in [-0.15, -0.1) is 0 Å². The minimum atomic E-state index is -0.471. The molecular formula is C23H30ClNO2S. The van der Waals surface area contributed by atoms with E-state index in [1.165, 1.54) is 11.1 Å². The topological polar surface area (TPSA) is 38.3 Å². The highest BCUT2D eigenvalue weighted by Crippen LogP contribution is 2.25. The Morgan fingerprint density at radius 2 is 1.75 bits per heavy atom. The smallest absolute Gasteiger partial charge is 0.261 e. The van der Waals surface area contributed by atoms with Gasteiger partial charge in [-0.2, -0.15) is 11.8 Å². The number of carbonyl (C=O) groups excluding carboxylic acids is 1. The van der Waals surface area contributed by atoms with E-state index in [1.54, 1.807) is 11.8 Å². The molecule has 0 aliphatic carbocycles. The quantitative estimate of drug-likeness (QED) is 0.518. The van der Waals surface area contributed by atoms with Gasteiger partial charge >= 0.3 is 0 Å². The molecule has 0 radical (unpaired) electrons. The number of benzene rings is 2. The molecule has 2 aromatic rings. The molecule has 0 spiro atoms. The molecule has 0 aromatic heterocycles. The lowest BCUT2D eigenvalue weighted by atomic mass is 9.87. The molecule has 0 aliphatic heterocycles. The Labute approximate surface area is 178 Å². The molecule has 5 heteroatoms. The van der Waals surface area contributed by atoms with Crippen molar-refractivity contribution in [2.75, 3.05) is 12.3 Å². The minimum Gasteiger partial charge on any atom is -0.481 e. The molecule has 0 aliphatic rings. The highest BCUT2D eigenvalue weighted by atomic mass is 35.5. The fraction of sp³-hybridized carbons (Fsp3) is 0.435. The first-order chi connectivity index (χ1) is 13.3. The van der Waals surface area contributed by atoms with Gasteiger partial charge in [0.05, 0.1) is 0 Å². The van der Waals surface area contributed by atoms with Gasteiger partial charge in [0.25, 0.3) is 5.91 Å². The SMILES string of the molecule is CCC(Oc1ccc(C(C)(C)C)cc1)C(=O)NCCSCc1ccc(Cl)cc1. The van der Waals surface area contributed by atoms with Crippen LogP contribution < -0.4 is 10.1 Å². The third-order valence-corrected chi connectivity index (χ3v) is 5.67. The van der Waals surface area contributed by atoms with E-state index in [9.17, 15) is 4.79 Å². The normalized spacial score (nSPS) is 12.5. The number of hydrogen-bond acceptors (Lipinski definition) is 3. The molecule has 0 heterocycles. The van der Waals surface area contributed by atoms with Crippen LogP contribution in [0.2, 0.25) is 5.02 Å². The van der Waals surface area contributed by atoms with Crippen molar-refractivity contribution in [3.05, 3.63) is 64.7 Å². The highest BCUT2D eigenvalue weighted by Gasteiger charge is 2.18. The Morgan fingerprint density at radius 3 is 2.32 bits per heavy atom. The molecule has 28 heavy (non-hydrogen) atoms. The van der Waals surface area contributed by atoms with Gasteiger partial charge in [-0.05, 0) is 47.2 Å². The maximum atomic E-state index is 12.4. The van der Waals surface area contributed by atoms with Crippen molar-refractivity contribution in [3.8, 4) is 5.75 Å². The second kappa shape index (κ2) is 10.8. The molecule has 0 saturated heterocycles. The molecule has 152 valence electrons. The molecule has 2 aromatic carbocycles. The number of hydrogen-bond donors (Lipinski definition) is 1. The monoisotopic (exact) mass is 419 g/mol. The molecule has 1 unspecified atom stereocenters.